The van der Waals surface area contributed by atoms with Crippen LogP contribution in [-0.2, 0) is 21.5 Å². The first-order valence-corrected chi connectivity index (χ1v) is 12.4. The molecule has 1 aliphatic rings. The molecule has 0 bridgehead atoms. The summed E-state index contributed by atoms with van der Waals surface area (Å²) in [5.74, 6) is -1.40. The van der Waals surface area contributed by atoms with E-state index in [0.29, 0.717) is 11.5 Å². The summed E-state index contributed by atoms with van der Waals surface area (Å²) >= 11 is 0. The second-order valence-corrected chi connectivity index (χ2v) is 11.3. The summed E-state index contributed by atoms with van der Waals surface area (Å²) in [6, 6.07) is 10.5. The topological polar surface area (TPSA) is 78.4 Å². The molecule has 2 aromatic rings. The molecule has 0 spiro atoms. The molecule has 2 atom stereocenters. The fraction of sp³-hybridized carbons (Fsp3) is 0.517. The summed E-state index contributed by atoms with van der Waals surface area (Å²) in [4.78, 5) is 25.1. The van der Waals surface area contributed by atoms with Gasteiger partial charge in [-0.3, -0.25) is 9.59 Å². The van der Waals surface area contributed by atoms with Gasteiger partial charge in [0.15, 0.2) is 0 Å². The van der Waals surface area contributed by atoms with Crippen molar-refractivity contribution < 1.29 is 23.5 Å². The zero-order valence-corrected chi connectivity index (χ0v) is 22.2. The highest BCUT2D eigenvalue weighted by Gasteiger charge is 2.72. The van der Waals surface area contributed by atoms with Crippen molar-refractivity contribution in [1.82, 2.24) is 10.6 Å². The first kappa shape index (κ1) is 27.9. The lowest BCUT2D eigenvalue weighted by Crippen LogP contribution is -2.78. The molecule has 0 heterocycles. The van der Waals surface area contributed by atoms with E-state index < -0.39 is 40.1 Å². The Balaban J connectivity index is 1.95. The molecule has 0 saturated heterocycles. The molecule has 0 aliphatic heterocycles. The van der Waals surface area contributed by atoms with Crippen molar-refractivity contribution >= 4 is 11.7 Å². The minimum Gasteiger partial charge on any atom is -0.390 e. The number of halogens is 2. The number of aliphatic hydroxyl groups is 1. The van der Waals surface area contributed by atoms with Crippen LogP contribution in [0.4, 0.5) is 8.78 Å². The standard InChI is InChI=1S/C29H38F2N2O3/c1-17(2)20-9-8-10-21(14-20)29(27(4,5)26(36)28(29,6)7)32-16-25(35)24(33-18(3)34)13-19-11-22(30)15-23(31)12-19/h8-12,14-15,17,24-25,32,35H,13,16H2,1-7H3,(H,33,34). The number of hydrogen-bond acceptors (Lipinski definition) is 4. The summed E-state index contributed by atoms with van der Waals surface area (Å²) in [7, 11) is 0. The molecular formula is C29H38F2N2O3. The Hall–Kier alpha value is -2.64. The lowest BCUT2D eigenvalue weighted by atomic mass is 9.40. The van der Waals surface area contributed by atoms with Crippen molar-refractivity contribution in [2.24, 2.45) is 10.8 Å². The van der Waals surface area contributed by atoms with Gasteiger partial charge in [-0.2, -0.15) is 0 Å². The largest absolute Gasteiger partial charge is 0.390 e. The van der Waals surface area contributed by atoms with Gasteiger partial charge in [0.2, 0.25) is 5.91 Å². The van der Waals surface area contributed by atoms with Gasteiger partial charge < -0.3 is 15.7 Å². The molecule has 1 saturated carbocycles. The first-order chi connectivity index (χ1) is 16.6. The minimum absolute atomic E-state index is 0.0403. The SMILES string of the molecule is CC(=O)NC(Cc1cc(F)cc(F)c1)C(O)CNC1(c2cccc(C(C)C)c2)C(C)(C)C(=O)C1(C)C. The molecule has 5 nitrogen and oxygen atoms in total. The van der Waals surface area contributed by atoms with Crippen molar-refractivity contribution in [2.45, 2.75) is 78.5 Å². The van der Waals surface area contributed by atoms with Gasteiger partial charge in [-0.1, -0.05) is 65.8 Å². The number of carbonyl (C=O) groups is 2. The lowest BCUT2D eigenvalue weighted by Gasteiger charge is -2.66. The Morgan fingerprint density at radius 3 is 2.11 bits per heavy atom. The number of amides is 1. The first-order valence-electron chi connectivity index (χ1n) is 12.4. The number of aliphatic hydroxyl groups excluding tert-OH is 1. The van der Waals surface area contributed by atoms with Gasteiger partial charge in [0, 0.05) is 30.4 Å². The van der Waals surface area contributed by atoms with Crippen molar-refractivity contribution in [3.63, 3.8) is 0 Å². The smallest absolute Gasteiger partial charge is 0.217 e. The van der Waals surface area contributed by atoms with Gasteiger partial charge in [0.25, 0.3) is 0 Å². The molecule has 1 fully saturated rings. The van der Waals surface area contributed by atoms with Gasteiger partial charge in [0.05, 0.1) is 17.7 Å². The van der Waals surface area contributed by atoms with E-state index in [-0.39, 0.29) is 24.7 Å². The van der Waals surface area contributed by atoms with Crippen molar-refractivity contribution in [3.05, 3.63) is 70.8 Å². The van der Waals surface area contributed by atoms with E-state index in [9.17, 15) is 23.5 Å². The summed E-state index contributed by atoms with van der Waals surface area (Å²) in [5.41, 5.74) is 0.115. The molecule has 0 aromatic heterocycles. The van der Waals surface area contributed by atoms with Crippen molar-refractivity contribution in [3.8, 4) is 0 Å². The lowest BCUT2D eigenvalue weighted by molar-refractivity contribution is -0.180. The maximum atomic E-state index is 13.8. The van der Waals surface area contributed by atoms with Crippen LogP contribution >= 0.6 is 0 Å². The van der Waals surface area contributed by atoms with Crippen LogP contribution in [0, 0.1) is 22.5 Å². The molecule has 196 valence electrons. The van der Waals surface area contributed by atoms with Crippen LogP contribution < -0.4 is 10.6 Å². The zero-order valence-electron chi connectivity index (χ0n) is 22.2. The number of ketones is 1. The molecule has 1 amide bonds. The highest BCUT2D eigenvalue weighted by atomic mass is 19.1. The van der Waals surface area contributed by atoms with Crippen LogP contribution in [0.2, 0.25) is 0 Å². The van der Waals surface area contributed by atoms with Gasteiger partial charge in [0.1, 0.15) is 17.4 Å². The molecule has 36 heavy (non-hydrogen) atoms. The summed E-state index contributed by atoms with van der Waals surface area (Å²) < 4.78 is 27.5. The molecule has 1 aliphatic carbocycles. The third kappa shape index (κ3) is 4.83. The van der Waals surface area contributed by atoms with E-state index in [4.69, 9.17) is 0 Å². The number of nitrogens with one attached hydrogen (secondary N) is 2. The molecule has 2 unspecified atom stereocenters. The van der Waals surface area contributed by atoms with E-state index in [0.717, 1.165) is 17.2 Å². The predicted molar refractivity (Wildman–Crippen MR) is 136 cm³/mol. The maximum absolute atomic E-state index is 13.8. The van der Waals surface area contributed by atoms with E-state index in [1.54, 1.807) is 0 Å². The third-order valence-electron chi connectivity index (χ3n) is 7.80. The highest BCUT2D eigenvalue weighted by Crippen LogP contribution is 2.64. The Labute approximate surface area is 212 Å². The quantitative estimate of drug-likeness (QED) is 0.470. The van der Waals surface area contributed by atoms with Crippen LogP contribution in [-0.4, -0.2) is 35.5 Å². The number of rotatable bonds is 9. The van der Waals surface area contributed by atoms with E-state index in [2.05, 4.69) is 36.6 Å². The van der Waals surface area contributed by atoms with Crippen molar-refractivity contribution in [1.29, 1.82) is 0 Å². The van der Waals surface area contributed by atoms with Gasteiger partial charge >= 0.3 is 0 Å². The molecule has 2 aromatic carbocycles. The van der Waals surface area contributed by atoms with E-state index in [1.165, 1.54) is 19.1 Å². The van der Waals surface area contributed by atoms with Crippen molar-refractivity contribution in [2.75, 3.05) is 6.54 Å². The number of hydrogen-bond donors (Lipinski definition) is 3. The fourth-order valence-electron chi connectivity index (χ4n) is 6.16. The average molecular weight is 501 g/mol. The van der Waals surface area contributed by atoms with Crippen LogP contribution in [0.25, 0.3) is 0 Å². The Kier molecular flexibility index (Phi) is 7.78. The summed E-state index contributed by atoms with van der Waals surface area (Å²) in [5, 5.41) is 17.4. The highest BCUT2D eigenvalue weighted by molar-refractivity contribution is 6.00. The minimum atomic E-state index is -1.09. The molecule has 3 N–H and O–H groups in total. The summed E-state index contributed by atoms with van der Waals surface area (Å²) in [6.45, 7) is 13.2. The Morgan fingerprint density at radius 1 is 1.00 bits per heavy atom. The number of benzene rings is 2. The van der Waals surface area contributed by atoms with Crippen LogP contribution in [0.3, 0.4) is 0 Å². The predicted octanol–water partition coefficient (Wildman–Crippen LogP) is 4.62. The third-order valence-corrected chi connectivity index (χ3v) is 7.80. The monoisotopic (exact) mass is 500 g/mol. The Bertz CT molecular complexity index is 1100. The van der Waals surface area contributed by atoms with Gasteiger partial charge in [-0.15, -0.1) is 0 Å². The Morgan fingerprint density at radius 2 is 1.58 bits per heavy atom. The van der Waals surface area contributed by atoms with E-state index >= 15 is 0 Å². The molecule has 7 heteroatoms. The molecule has 3 rings (SSSR count). The van der Waals surface area contributed by atoms with E-state index in [1.807, 2.05) is 39.8 Å². The average Bonchev–Trinajstić information content (AvgIpc) is 2.77. The van der Waals surface area contributed by atoms with Crippen LogP contribution in [0.15, 0.2) is 42.5 Å². The van der Waals surface area contributed by atoms with Gasteiger partial charge in [-0.05, 0) is 41.2 Å². The second kappa shape index (κ2) is 10.0. The van der Waals surface area contributed by atoms with Crippen LogP contribution in [0.1, 0.15) is 71.1 Å². The molecular weight excluding hydrogens is 462 g/mol. The number of carbonyl (C=O) groups excluding carboxylic acids is 2. The summed E-state index contributed by atoms with van der Waals surface area (Å²) in [6.07, 6.45) is -1.05. The molecule has 0 radical (unpaired) electrons. The van der Waals surface area contributed by atoms with Crippen LogP contribution in [0.5, 0.6) is 0 Å². The maximum Gasteiger partial charge on any atom is 0.217 e. The normalized spacial score (nSPS) is 19.5. The van der Waals surface area contributed by atoms with Gasteiger partial charge in [-0.25, -0.2) is 8.78 Å². The fourth-order valence-corrected chi connectivity index (χ4v) is 6.16. The number of Topliss-reactive ketones (excluding diaryl/α,β-unsaturated/α-hetero) is 1. The zero-order chi connectivity index (χ0) is 27.1. The second-order valence-electron chi connectivity index (χ2n) is 11.3.